The van der Waals surface area contributed by atoms with Crippen molar-refractivity contribution in [2.75, 3.05) is 0 Å². The molecule has 0 amide bonds. The second-order valence-corrected chi connectivity index (χ2v) is 5.32. The third kappa shape index (κ3) is 1.57. The van der Waals surface area contributed by atoms with Crippen LogP contribution in [0.4, 0.5) is 0 Å². The predicted octanol–water partition coefficient (Wildman–Crippen LogP) is 4.38. The minimum atomic E-state index is 0.720. The fourth-order valence-corrected chi connectivity index (χ4v) is 2.90. The summed E-state index contributed by atoms with van der Waals surface area (Å²) in [5.41, 5.74) is 4.23. The Balaban J connectivity index is 2.04. The van der Waals surface area contributed by atoms with Crippen molar-refractivity contribution in [3.05, 3.63) is 53.8 Å². The molecule has 0 aliphatic heterocycles. The van der Waals surface area contributed by atoms with E-state index in [0.717, 1.165) is 27.3 Å². The van der Waals surface area contributed by atoms with E-state index < -0.39 is 0 Å². The van der Waals surface area contributed by atoms with Gasteiger partial charge in [-0.1, -0.05) is 29.8 Å². The first-order valence-electron chi connectivity index (χ1n) is 6.42. The van der Waals surface area contributed by atoms with Crippen molar-refractivity contribution in [3.63, 3.8) is 0 Å². The number of nitrogens with one attached hydrogen (secondary N) is 1. The fourth-order valence-electron chi connectivity index (χ4n) is 2.70. The molecule has 1 aromatic carbocycles. The molecule has 1 N–H and O–H groups in total. The van der Waals surface area contributed by atoms with Crippen LogP contribution >= 0.6 is 11.6 Å². The topological polar surface area (TPSA) is 33.6 Å². The zero-order valence-electron chi connectivity index (χ0n) is 10.9. The summed E-state index contributed by atoms with van der Waals surface area (Å²) in [6, 6.07) is 12.2. The lowest BCUT2D eigenvalue weighted by Gasteiger charge is -1.94. The van der Waals surface area contributed by atoms with Gasteiger partial charge >= 0.3 is 0 Å². The first-order chi connectivity index (χ1) is 9.74. The van der Waals surface area contributed by atoms with Crippen LogP contribution in [-0.2, 0) is 7.05 Å². The third-order valence-corrected chi connectivity index (χ3v) is 4.00. The number of rotatable bonds is 1. The quantitative estimate of drug-likeness (QED) is 0.552. The summed E-state index contributed by atoms with van der Waals surface area (Å²) in [6.07, 6.45) is 3.84. The van der Waals surface area contributed by atoms with Crippen LogP contribution in [0.5, 0.6) is 0 Å². The van der Waals surface area contributed by atoms with Gasteiger partial charge in [-0.2, -0.15) is 0 Å². The van der Waals surface area contributed by atoms with Gasteiger partial charge in [0.05, 0.1) is 5.02 Å². The third-order valence-electron chi connectivity index (χ3n) is 3.67. The van der Waals surface area contributed by atoms with E-state index in [2.05, 4.69) is 58.1 Å². The number of pyridine rings is 1. The molecule has 0 saturated heterocycles. The Morgan fingerprint density at radius 3 is 2.85 bits per heavy atom. The molecule has 3 aromatic heterocycles. The molecule has 0 fully saturated rings. The van der Waals surface area contributed by atoms with Gasteiger partial charge in [0.15, 0.2) is 0 Å². The Bertz CT molecular complexity index is 933. The minimum absolute atomic E-state index is 0.720. The molecule has 4 rings (SSSR count). The smallest absolute Gasteiger partial charge is 0.139 e. The average molecular weight is 282 g/mol. The molecular weight excluding hydrogens is 270 g/mol. The fraction of sp³-hybridized carbons (Fsp3) is 0.0625. The van der Waals surface area contributed by atoms with Crippen LogP contribution in [0.3, 0.4) is 0 Å². The summed E-state index contributed by atoms with van der Waals surface area (Å²) in [6.45, 7) is 0. The molecule has 20 heavy (non-hydrogen) atoms. The summed E-state index contributed by atoms with van der Waals surface area (Å²) in [7, 11) is 2.06. The Hall–Kier alpha value is -2.26. The van der Waals surface area contributed by atoms with Crippen molar-refractivity contribution in [1.82, 2.24) is 14.5 Å². The molecule has 0 atom stereocenters. The average Bonchev–Trinajstić information content (AvgIpc) is 3.02. The van der Waals surface area contributed by atoms with E-state index in [-0.39, 0.29) is 0 Å². The van der Waals surface area contributed by atoms with E-state index in [1.54, 1.807) is 6.20 Å². The molecule has 4 aromatic rings. The first-order valence-corrected chi connectivity index (χ1v) is 6.79. The standard InChI is InChI=1S/C16H12ClN3/c1-20-9-12(10-4-2-3-5-15(10)20)14-8-11-13(17)6-7-18-16(11)19-14/h2-9H,1H3,(H,18,19). The van der Waals surface area contributed by atoms with Crippen molar-refractivity contribution in [2.45, 2.75) is 0 Å². The molecule has 0 aliphatic rings. The van der Waals surface area contributed by atoms with Gasteiger partial charge in [0.1, 0.15) is 5.65 Å². The highest BCUT2D eigenvalue weighted by atomic mass is 35.5. The normalized spacial score (nSPS) is 11.5. The number of fused-ring (bicyclic) bond motifs is 2. The molecule has 3 heterocycles. The van der Waals surface area contributed by atoms with Crippen LogP contribution in [0, 0.1) is 0 Å². The van der Waals surface area contributed by atoms with Gasteiger partial charge in [0.2, 0.25) is 0 Å². The number of nitrogens with zero attached hydrogens (tertiary/aromatic N) is 2. The van der Waals surface area contributed by atoms with Crippen LogP contribution in [0.2, 0.25) is 5.02 Å². The van der Waals surface area contributed by atoms with Crippen LogP contribution in [0.1, 0.15) is 0 Å². The van der Waals surface area contributed by atoms with Gasteiger partial charge in [-0.25, -0.2) is 4.98 Å². The van der Waals surface area contributed by atoms with Crippen molar-refractivity contribution >= 4 is 33.5 Å². The van der Waals surface area contributed by atoms with Gasteiger partial charge in [-0.15, -0.1) is 0 Å². The number of H-pyrrole nitrogens is 1. The van der Waals surface area contributed by atoms with E-state index in [1.807, 2.05) is 6.07 Å². The van der Waals surface area contributed by atoms with Crippen LogP contribution in [0.15, 0.2) is 48.8 Å². The summed E-state index contributed by atoms with van der Waals surface area (Å²) in [5.74, 6) is 0. The molecule has 0 radical (unpaired) electrons. The monoisotopic (exact) mass is 281 g/mol. The maximum atomic E-state index is 6.22. The zero-order valence-corrected chi connectivity index (χ0v) is 11.6. The van der Waals surface area contributed by atoms with Crippen LogP contribution in [-0.4, -0.2) is 14.5 Å². The number of aromatic nitrogens is 3. The second-order valence-electron chi connectivity index (χ2n) is 4.91. The van der Waals surface area contributed by atoms with Crippen molar-refractivity contribution in [3.8, 4) is 11.3 Å². The van der Waals surface area contributed by atoms with E-state index in [0.29, 0.717) is 0 Å². The minimum Gasteiger partial charge on any atom is -0.350 e. The molecule has 0 bridgehead atoms. The van der Waals surface area contributed by atoms with Gasteiger partial charge < -0.3 is 9.55 Å². The highest BCUT2D eigenvalue weighted by Crippen LogP contribution is 2.32. The van der Waals surface area contributed by atoms with Crippen LogP contribution in [0.25, 0.3) is 33.2 Å². The SMILES string of the molecule is Cn1cc(-c2cc3c(Cl)ccnc3[nH]2)c2ccccc21. The van der Waals surface area contributed by atoms with E-state index in [1.165, 1.54) is 10.9 Å². The molecule has 98 valence electrons. The van der Waals surface area contributed by atoms with Crippen LogP contribution < -0.4 is 0 Å². The molecule has 0 aliphatic carbocycles. The maximum absolute atomic E-state index is 6.22. The van der Waals surface area contributed by atoms with Gasteiger partial charge in [-0.3, -0.25) is 0 Å². The highest BCUT2D eigenvalue weighted by molar-refractivity contribution is 6.35. The number of para-hydroxylation sites is 1. The lowest BCUT2D eigenvalue weighted by atomic mass is 10.1. The maximum Gasteiger partial charge on any atom is 0.139 e. The van der Waals surface area contributed by atoms with E-state index >= 15 is 0 Å². The zero-order chi connectivity index (χ0) is 13.7. The summed E-state index contributed by atoms with van der Waals surface area (Å²) >= 11 is 6.22. The molecule has 0 saturated carbocycles. The Morgan fingerprint density at radius 1 is 1.15 bits per heavy atom. The predicted molar refractivity (Wildman–Crippen MR) is 83.0 cm³/mol. The van der Waals surface area contributed by atoms with Gasteiger partial charge in [-0.05, 0) is 18.2 Å². The number of aromatic amines is 1. The lowest BCUT2D eigenvalue weighted by Crippen LogP contribution is -1.81. The molecule has 3 nitrogen and oxygen atoms in total. The number of hydrogen-bond acceptors (Lipinski definition) is 1. The lowest BCUT2D eigenvalue weighted by molar-refractivity contribution is 0.970. The van der Waals surface area contributed by atoms with Crippen molar-refractivity contribution in [2.24, 2.45) is 7.05 Å². The second kappa shape index (κ2) is 4.12. The largest absolute Gasteiger partial charge is 0.350 e. The molecule has 0 spiro atoms. The highest BCUT2D eigenvalue weighted by Gasteiger charge is 2.12. The van der Waals surface area contributed by atoms with Gasteiger partial charge in [0, 0.05) is 47.0 Å². The summed E-state index contributed by atoms with van der Waals surface area (Å²) in [4.78, 5) is 7.68. The number of halogens is 1. The Morgan fingerprint density at radius 2 is 2.00 bits per heavy atom. The summed E-state index contributed by atoms with van der Waals surface area (Å²) in [5, 5.41) is 2.90. The van der Waals surface area contributed by atoms with Crippen molar-refractivity contribution in [1.29, 1.82) is 0 Å². The molecular formula is C16H12ClN3. The Kier molecular flexibility index (Phi) is 2.38. The number of benzene rings is 1. The molecule has 0 unspecified atom stereocenters. The summed E-state index contributed by atoms with van der Waals surface area (Å²) < 4.78 is 2.13. The molecule has 4 heteroatoms. The van der Waals surface area contributed by atoms with E-state index in [4.69, 9.17) is 11.6 Å². The van der Waals surface area contributed by atoms with Gasteiger partial charge in [0.25, 0.3) is 0 Å². The Labute approximate surface area is 120 Å². The van der Waals surface area contributed by atoms with E-state index in [9.17, 15) is 0 Å². The van der Waals surface area contributed by atoms with Crippen molar-refractivity contribution < 1.29 is 0 Å². The first kappa shape index (κ1) is 11.6. The number of aryl methyl sites for hydroxylation is 1. The number of hydrogen-bond donors (Lipinski definition) is 1.